The number of alkyl halides is 3. The third-order valence-corrected chi connectivity index (χ3v) is 3.87. The number of carbonyl (C=O) groups excluding carboxylic acids is 1. The Kier molecular flexibility index (Phi) is 4.72. The summed E-state index contributed by atoms with van der Waals surface area (Å²) < 4.78 is 38.2. The van der Waals surface area contributed by atoms with Crippen LogP contribution in [0, 0.1) is 0 Å². The van der Waals surface area contributed by atoms with Gasteiger partial charge < -0.3 is 15.4 Å². The molecule has 0 unspecified atom stereocenters. The van der Waals surface area contributed by atoms with Crippen molar-refractivity contribution in [2.45, 2.75) is 6.18 Å². The molecule has 1 heterocycles. The van der Waals surface area contributed by atoms with Crippen LogP contribution in [0.2, 0.25) is 0 Å². The molecule has 3 N–H and O–H groups in total. The molecule has 0 aliphatic heterocycles. The molecule has 0 aliphatic rings. The number of hydrogen-bond donors (Lipinski definition) is 3. The van der Waals surface area contributed by atoms with Gasteiger partial charge in [-0.25, -0.2) is 4.79 Å². The topological polar surface area (TPSA) is 82.2 Å². The number of H-pyrrole nitrogens is 1. The average molecular weight is 374 g/mol. The fraction of sp³-hybridized carbons (Fsp3) is 0.0526. The number of benzene rings is 2. The van der Waals surface area contributed by atoms with Crippen LogP contribution in [-0.2, 0) is 6.18 Å². The molecule has 0 radical (unpaired) electrons. The van der Waals surface area contributed by atoms with E-state index in [0.29, 0.717) is 11.1 Å². The summed E-state index contributed by atoms with van der Waals surface area (Å²) in [5.41, 5.74) is 0.560. The van der Waals surface area contributed by atoms with Gasteiger partial charge in [0, 0.05) is 11.8 Å². The second-order valence-electron chi connectivity index (χ2n) is 5.68. The van der Waals surface area contributed by atoms with Gasteiger partial charge >= 0.3 is 12.1 Å². The molecule has 0 aliphatic carbocycles. The Morgan fingerprint density at radius 1 is 1.00 bits per heavy atom. The second kappa shape index (κ2) is 6.99. The van der Waals surface area contributed by atoms with Gasteiger partial charge in [0.1, 0.15) is 5.69 Å². The van der Waals surface area contributed by atoms with Crippen LogP contribution in [0.3, 0.4) is 0 Å². The van der Waals surface area contributed by atoms with E-state index in [4.69, 9.17) is 5.11 Å². The highest BCUT2D eigenvalue weighted by Gasteiger charge is 2.30. The van der Waals surface area contributed by atoms with Gasteiger partial charge in [0.2, 0.25) is 0 Å². The van der Waals surface area contributed by atoms with Gasteiger partial charge in [-0.3, -0.25) is 4.79 Å². The molecule has 1 aromatic heterocycles. The van der Waals surface area contributed by atoms with Crippen molar-refractivity contribution in [3.8, 4) is 11.1 Å². The molecule has 0 saturated heterocycles. The number of aromatic nitrogens is 1. The van der Waals surface area contributed by atoms with Gasteiger partial charge in [-0.15, -0.1) is 0 Å². The van der Waals surface area contributed by atoms with Gasteiger partial charge in [0.25, 0.3) is 5.91 Å². The second-order valence-corrected chi connectivity index (χ2v) is 5.68. The van der Waals surface area contributed by atoms with Crippen molar-refractivity contribution in [1.82, 2.24) is 4.98 Å². The van der Waals surface area contributed by atoms with Gasteiger partial charge in [0.05, 0.1) is 11.3 Å². The Hall–Kier alpha value is -3.55. The number of halogens is 3. The Bertz CT molecular complexity index is 992. The minimum Gasteiger partial charge on any atom is -0.477 e. The summed E-state index contributed by atoms with van der Waals surface area (Å²) in [7, 11) is 0. The van der Waals surface area contributed by atoms with Crippen LogP contribution in [0.4, 0.5) is 18.9 Å². The molecule has 3 aromatic rings. The van der Waals surface area contributed by atoms with Gasteiger partial charge in [0.15, 0.2) is 0 Å². The number of hydrogen-bond acceptors (Lipinski definition) is 2. The lowest BCUT2D eigenvalue weighted by Gasteiger charge is -2.11. The number of aromatic carboxylic acids is 1. The Morgan fingerprint density at radius 3 is 2.26 bits per heavy atom. The van der Waals surface area contributed by atoms with E-state index in [9.17, 15) is 22.8 Å². The predicted octanol–water partition coefficient (Wildman–Crippen LogP) is 4.65. The number of amides is 1. The zero-order valence-electron chi connectivity index (χ0n) is 13.7. The van der Waals surface area contributed by atoms with Crippen molar-refractivity contribution in [2.75, 3.05) is 5.32 Å². The number of aromatic amines is 1. The van der Waals surface area contributed by atoms with E-state index in [0.717, 1.165) is 12.1 Å². The number of nitrogens with one attached hydrogen (secondary N) is 2. The molecule has 5 nitrogen and oxygen atoms in total. The highest BCUT2D eigenvalue weighted by atomic mass is 19.4. The van der Waals surface area contributed by atoms with E-state index in [-0.39, 0.29) is 16.9 Å². The molecule has 3 rings (SSSR count). The Morgan fingerprint density at radius 2 is 1.67 bits per heavy atom. The summed E-state index contributed by atoms with van der Waals surface area (Å²) in [4.78, 5) is 26.0. The molecule has 138 valence electrons. The fourth-order valence-corrected chi connectivity index (χ4v) is 2.56. The van der Waals surface area contributed by atoms with Crippen LogP contribution in [0.25, 0.3) is 11.1 Å². The Balaban J connectivity index is 1.89. The van der Waals surface area contributed by atoms with E-state index in [1.807, 2.05) is 0 Å². The standard InChI is InChI=1S/C19H13F3N2O3/c20-19(21,22)12-7-5-11(6-8-12)14-3-1-2-4-15(14)17(25)24-13-9-16(18(26)27)23-10-13/h1-10,23H,(H,24,25)(H,26,27). The van der Waals surface area contributed by atoms with Gasteiger partial charge in [-0.1, -0.05) is 30.3 Å². The fourth-order valence-electron chi connectivity index (χ4n) is 2.56. The molecule has 0 fully saturated rings. The first kappa shape index (κ1) is 18.2. The summed E-state index contributed by atoms with van der Waals surface area (Å²) in [6, 6.07) is 12.2. The maximum absolute atomic E-state index is 12.7. The summed E-state index contributed by atoms with van der Waals surface area (Å²) in [6.45, 7) is 0. The minimum absolute atomic E-state index is 0.0821. The quantitative estimate of drug-likeness (QED) is 0.622. The van der Waals surface area contributed by atoms with Crippen LogP contribution in [0.15, 0.2) is 60.8 Å². The summed E-state index contributed by atoms with van der Waals surface area (Å²) in [5.74, 6) is -1.68. The zero-order valence-corrected chi connectivity index (χ0v) is 13.7. The van der Waals surface area contributed by atoms with Crippen molar-refractivity contribution in [1.29, 1.82) is 0 Å². The maximum Gasteiger partial charge on any atom is 0.416 e. The van der Waals surface area contributed by atoms with E-state index in [1.54, 1.807) is 18.2 Å². The molecule has 8 heteroatoms. The van der Waals surface area contributed by atoms with Gasteiger partial charge in [-0.05, 0) is 35.4 Å². The van der Waals surface area contributed by atoms with Crippen molar-refractivity contribution in [3.05, 3.63) is 77.6 Å². The van der Waals surface area contributed by atoms with Crippen molar-refractivity contribution in [2.24, 2.45) is 0 Å². The average Bonchev–Trinajstić information content (AvgIpc) is 3.10. The van der Waals surface area contributed by atoms with Crippen molar-refractivity contribution < 1.29 is 27.9 Å². The SMILES string of the molecule is O=C(O)c1cc(NC(=O)c2ccccc2-c2ccc(C(F)(F)F)cc2)c[nH]1. The number of anilines is 1. The number of carboxylic acids is 1. The first-order chi connectivity index (χ1) is 12.8. The van der Waals surface area contributed by atoms with E-state index in [1.165, 1.54) is 30.5 Å². The van der Waals surface area contributed by atoms with E-state index in [2.05, 4.69) is 10.3 Å². The molecule has 0 bridgehead atoms. The van der Waals surface area contributed by atoms with Crippen LogP contribution >= 0.6 is 0 Å². The lowest BCUT2D eigenvalue weighted by atomic mass is 9.98. The minimum atomic E-state index is -4.44. The molecule has 27 heavy (non-hydrogen) atoms. The van der Waals surface area contributed by atoms with E-state index < -0.39 is 23.6 Å². The summed E-state index contributed by atoms with van der Waals surface area (Å²) >= 11 is 0. The largest absolute Gasteiger partial charge is 0.477 e. The maximum atomic E-state index is 12.7. The smallest absolute Gasteiger partial charge is 0.416 e. The van der Waals surface area contributed by atoms with E-state index >= 15 is 0 Å². The third-order valence-electron chi connectivity index (χ3n) is 3.87. The molecule has 0 saturated carbocycles. The monoisotopic (exact) mass is 374 g/mol. The molecule has 0 spiro atoms. The van der Waals surface area contributed by atoms with Crippen molar-refractivity contribution in [3.63, 3.8) is 0 Å². The zero-order chi connectivity index (χ0) is 19.6. The van der Waals surface area contributed by atoms with Crippen LogP contribution < -0.4 is 5.32 Å². The Labute approximate surface area is 151 Å². The van der Waals surface area contributed by atoms with Crippen molar-refractivity contribution >= 4 is 17.6 Å². The van der Waals surface area contributed by atoms with Crippen LogP contribution in [0.1, 0.15) is 26.4 Å². The highest BCUT2D eigenvalue weighted by molar-refractivity contribution is 6.09. The molecular formula is C19H13F3N2O3. The third kappa shape index (κ3) is 4.00. The predicted molar refractivity (Wildman–Crippen MR) is 92.6 cm³/mol. The number of rotatable bonds is 4. The van der Waals surface area contributed by atoms with Gasteiger partial charge in [-0.2, -0.15) is 13.2 Å². The van der Waals surface area contributed by atoms with Crippen LogP contribution in [0.5, 0.6) is 0 Å². The van der Waals surface area contributed by atoms with Crippen LogP contribution in [-0.4, -0.2) is 22.0 Å². The lowest BCUT2D eigenvalue weighted by molar-refractivity contribution is -0.137. The normalized spacial score (nSPS) is 11.2. The first-order valence-electron chi connectivity index (χ1n) is 7.75. The molecule has 0 atom stereocenters. The molecule has 2 aromatic carbocycles. The summed E-state index contributed by atoms with van der Waals surface area (Å²) in [6.07, 6.45) is -3.10. The molecule has 1 amide bonds. The highest BCUT2D eigenvalue weighted by Crippen LogP contribution is 2.32. The number of carboxylic acid groups (broad SMARTS) is 1. The lowest BCUT2D eigenvalue weighted by Crippen LogP contribution is -2.12. The molecular weight excluding hydrogens is 361 g/mol. The summed E-state index contributed by atoms with van der Waals surface area (Å²) in [5, 5.41) is 11.5. The first-order valence-corrected chi connectivity index (χ1v) is 7.75. The number of carbonyl (C=O) groups is 2.